The van der Waals surface area contributed by atoms with E-state index in [0.717, 1.165) is 11.3 Å². The maximum absolute atomic E-state index is 11.6. The van der Waals surface area contributed by atoms with E-state index in [9.17, 15) is 9.00 Å². The molecule has 94 valence electrons. The highest BCUT2D eigenvalue weighted by atomic mass is 32.2. The van der Waals surface area contributed by atoms with Gasteiger partial charge in [0.1, 0.15) is 0 Å². The SMILES string of the molecule is Cc1ccc(N)cc1NC(=O)CCCS(C)=O. The Balaban J connectivity index is 2.50. The number of rotatable bonds is 5. The molecule has 0 radical (unpaired) electrons. The van der Waals surface area contributed by atoms with E-state index in [1.165, 1.54) is 0 Å². The van der Waals surface area contributed by atoms with Gasteiger partial charge in [-0.05, 0) is 31.0 Å². The monoisotopic (exact) mass is 254 g/mol. The molecule has 1 rings (SSSR count). The summed E-state index contributed by atoms with van der Waals surface area (Å²) in [6.07, 6.45) is 2.66. The predicted octanol–water partition coefficient (Wildman–Crippen LogP) is 1.67. The lowest BCUT2D eigenvalue weighted by Crippen LogP contribution is -2.13. The van der Waals surface area contributed by atoms with Crippen LogP contribution in [0.3, 0.4) is 0 Å². The van der Waals surface area contributed by atoms with Crippen LogP contribution in [0.1, 0.15) is 18.4 Å². The standard InChI is InChI=1S/C12H18N2O2S/c1-9-5-6-10(13)8-11(9)14-12(15)4-3-7-17(2)16/h5-6,8H,3-4,7,13H2,1-2H3,(H,14,15). The van der Waals surface area contributed by atoms with Gasteiger partial charge in [0.2, 0.25) is 5.91 Å². The second-order valence-electron chi connectivity index (χ2n) is 4.00. The van der Waals surface area contributed by atoms with Gasteiger partial charge in [-0.2, -0.15) is 0 Å². The van der Waals surface area contributed by atoms with Crippen molar-refractivity contribution in [3.05, 3.63) is 23.8 Å². The third-order valence-electron chi connectivity index (χ3n) is 2.37. The third-order valence-corrected chi connectivity index (χ3v) is 3.23. The summed E-state index contributed by atoms with van der Waals surface area (Å²) in [5.74, 6) is 0.493. The molecule has 0 saturated heterocycles. The van der Waals surface area contributed by atoms with Crippen molar-refractivity contribution in [1.82, 2.24) is 0 Å². The van der Waals surface area contributed by atoms with Gasteiger partial charge in [0.05, 0.1) is 0 Å². The Morgan fingerprint density at radius 2 is 2.18 bits per heavy atom. The van der Waals surface area contributed by atoms with Gasteiger partial charge in [-0.3, -0.25) is 9.00 Å². The number of hydrogen-bond acceptors (Lipinski definition) is 3. The highest BCUT2D eigenvalue weighted by molar-refractivity contribution is 7.84. The Bertz CT molecular complexity index is 433. The first-order chi connectivity index (χ1) is 7.99. The van der Waals surface area contributed by atoms with Crippen LogP contribution in [0.5, 0.6) is 0 Å². The summed E-state index contributed by atoms with van der Waals surface area (Å²) in [5.41, 5.74) is 8.00. The minimum Gasteiger partial charge on any atom is -0.399 e. The van der Waals surface area contributed by atoms with Gasteiger partial charge >= 0.3 is 0 Å². The molecule has 0 bridgehead atoms. The topological polar surface area (TPSA) is 72.2 Å². The summed E-state index contributed by atoms with van der Waals surface area (Å²) in [6.45, 7) is 1.91. The first-order valence-corrected chi connectivity index (χ1v) is 7.18. The van der Waals surface area contributed by atoms with Crippen LogP contribution in [0, 0.1) is 6.92 Å². The average molecular weight is 254 g/mol. The summed E-state index contributed by atoms with van der Waals surface area (Å²) >= 11 is 0. The number of benzene rings is 1. The van der Waals surface area contributed by atoms with Crippen LogP contribution in [0.15, 0.2) is 18.2 Å². The second-order valence-corrected chi connectivity index (χ2v) is 5.56. The molecule has 1 aromatic rings. The van der Waals surface area contributed by atoms with Crippen molar-refractivity contribution in [2.75, 3.05) is 23.1 Å². The quantitative estimate of drug-likeness (QED) is 0.785. The highest BCUT2D eigenvalue weighted by Crippen LogP contribution is 2.18. The molecule has 1 unspecified atom stereocenters. The molecule has 0 fully saturated rings. The molecule has 17 heavy (non-hydrogen) atoms. The number of amides is 1. The molecule has 0 heterocycles. The van der Waals surface area contributed by atoms with Gasteiger partial charge in [-0.25, -0.2) is 0 Å². The molecule has 0 spiro atoms. The number of nitrogens with one attached hydrogen (secondary N) is 1. The van der Waals surface area contributed by atoms with Crippen LogP contribution in [0.2, 0.25) is 0 Å². The molecule has 0 saturated carbocycles. The van der Waals surface area contributed by atoms with Crippen molar-refractivity contribution in [1.29, 1.82) is 0 Å². The van der Waals surface area contributed by atoms with Crippen molar-refractivity contribution in [3.63, 3.8) is 0 Å². The number of aryl methyl sites for hydroxylation is 1. The first kappa shape index (κ1) is 13.7. The molecule has 0 aromatic heterocycles. The minimum absolute atomic E-state index is 0.0656. The normalized spacial score (nSPS) is 12.1. The van der Waals surface area contributed by atoms with Crippen molar-refractivity contribution in [2.45, 2.75) is 19.8 Å². The zero-order valence-corrected chi connectivity index (χ0v) is 11.0. The third kappa shape index (κ3) is 4.99. The largest absolute Gasteiger partial charge is 0.399 e. The van der Waals surface area contributed by atoms with Crippen LogP contribution in [-0.4, -0.2) is 22.1 Å². The Kier molecular flexibility index (Phi) is 5.15. The molecule has 0 aliphatic rings. The maximum Gasteiger partial charge on any atom is 0.224 e. The van der Waals surface area contributed by atoms with Gasteiger partial charge in [0.15, 0.2) is 0 Å². The molecule has 0 aliphatic carbocycles. The Labute approximate surface area is 104 Å². The van der Waals surface area contributed by atoms with Crippen LogP contribution < -0.4 is 11.1 Å². The van der Waals surface area contributed by atoms with Crippen LogP contribution in [0.4, 0.5) is 11.4 Å². The van der Waals surface area contributed by atoms with Crippen LogP contribution >= 0.6 is 0 Å². The molecule has 0 aliphatic heterocycles. The Morgan fingerprint density at radius 3 is 2.82 bits per heavy atom. The number of hydrogen-bond donors (Lipinski definition) is 2. The zero-order valence-electron chi connectivity index (χ0n) is 10.2. The van der Waals surface area contributed by atoms with Crippen molar-refractivity contribution in [3.8, 4) is 0 Å². The summed E-state index contributed by atoms with van der Waals surface area (Å²) in [6, 6.07) is 5.41. The van der Waals surface area contributed by atoms with Gasteiger partial charge in [0, 0.05) is 40.6 Å². The fraction of sp³-hybridized carbons (Fsp3) is 0.417. The maximum atomic E-state index is 11.6. The van der Waals surface area contributed by atoms with E-state index in [0.29, 0.717) is 24.3 Å². The Morgan fingerprint density at radius 1 is 1.47 bits per heavy atom. The average Bonchev–Trinajstić information content (AvgIpc) is 2.23. The number of carbonyl (C=O) groups is 1. The second kappa shape index (κ2) is 6.39. The molecule has 1 amide bonds. The molecular formula is C12H18N2O2S. The molecule has 3 N–H and O–H groups in total. The van der Waals surface area contributed by atoms with Crippen molar-refractivity contribution in [2.24, 2.45) is 0 Å². The van der Waals surface area contributed by atoms with E-state index in [1.54, 1.807) is 18.4 Å². The van der Waals surface area contributed by atoms with E-state index in [4.69, 9.17) is 5.73 Å². The summed E-state index contributed by atoms with van der Waals surface area (Å²) in [4.78, 5) is 11.6. The van der Waals surface area contributed by atoms with Crippen molar-refractivity contribution < 1.29 is 9.00 Å². The van der Waals surface area contributed by atoms with Crippen LogP contribution in [-0.2, 0) is 15.6 Å². The molecule has 1 aromatic carbocycles. The zero-order chi connectivity index (χ0) is 12.8. The predicted molar refractivity (Wildman–Crippen MR) is 72.4 cm³/mol. The van der Waals surface area contributed by atoms with Gasteiger partial charge in [-0.15, -0.1) is 0 Å². The lowest BCUT2D eigenvalue weighted by Gasteiger charge is -2.08. The van der Waals surface area contributed by atoms with Crippen molar-refractivity contribution >= 4 is 28.1 Å². The molecule has 1 atom stereocenters. The fourth-order valence-corrected chi connectivity index (χ4v) is 1.97. The number of nitrogen functional groups attached to an aromatic ring is 1. The summed E-state index contributed by atoms with van der Waals surface area (Å²) in [7, 11) is -0.837. The van der Waals surface area contributed by atoms with E-state index in [2.05, 4.69) is 5.32 Å². The number of anilines is 2. The van der Waals surface area contributed by atoms with Crippen LogP contribution in [0.25, 0.3) is 0 Å². The van der Waals surface area contributed by atoms with E-state index >= 15 is 0 Å². The minimum atomic E-state index is -0.837. The lowest BCUT2D eigenvalue weighted by molar-refractivity contribution is -0.116. The van der Waals surface area contributed by atoms with E-state index in [1.807, 2.05) is 13.0 Å². The van der Waals surface area contributed by atoms with Gasteiger partial charge < -0.3 is 11.1 Å². The number of carbonyl (C=O) groups excluding carboxylic acids is 1. The Hall–Kier alpha value is -1.36. The smallest absolute Gasteiger partial charge is 0.224 e. The number of nitrogens with two attached hydrogens (primary N) is 1. The summed E-state index contributed by atoms with van der Waals surface area (Å²) in [5, 5.41) is 2.81. The molecular weight excluding hydrogens is 236 g/mol. The fourth-order valence-electron chi connectivity index (χ4n) is 1.42. The molecule has 4 nitrogen and oxygen atoms in total. The lowest BCUT2D eigenvalue weighted by atomic mass is 10.1. The summed E-state index contributed by atoms with van der Waals surface area (Å²) < 4.78 is 10.8. The highest BCUT2D eigenvalue weighted by Gasteiger charge is 2.05. The van der Waals surface area contributed by atoms with Gasteiger partial charge in [-0.1, -0.05) is 6.07 Å². The molecule has 5 heteroatoms. The first-order valence-electron chi connectivity index (χ1n) is 5.45. The van der Waals surface area contributed by atoms with E-state index in [-0.39, 0.29) is 5.91 Å². The van der Waals surface area contributed by atoms with Gasteiger partial charge in [0.25, 0.3) is 0 Å². The van der Waals surface area contributed by atoms with E-state index < -0.39 is 10.8 Å².